The summed E-state index contributed by atoms with van der Waals surface area (Å²) < 4.78 is 12.6. The largest absolute Gasteiger partial charge is 0.490 e. The predicted octanol–water partition coefficient (Wildman–Crippen LogP) is 6.41. The fourth-order valence-corrected chi connectivity index (χ4v) is 3.75. The molecule has 0 bridgehead atoms. The Morgan fingerprint density at radius 3 is 2.55 bits per heavy atom. The zero-order valence-electron chi connectivity index (χ0n) is 16.3. The van der Waals surface area contributed by atoms with Crippen LogP contribution in [0.5, 0.6) is 11.5 Å². The smallest absolute Gasteiger partial charge is 0.175 e. The van der Waals surface area contributed by atoms with Crippen LogP contribution in [0.1, 0.15) is 37.3 Å². The lowest BCUT2D eigenvalue weighted by Crippen LogP contribution is -2.15. The third-order valence-electron chi connectivity index (χ3n) is 4.10. The second kappa shape index (κ2) is 14.3. The number of nitrogens with one attached hydrogen (secondary N) is 1. The predicted molar refractivity (Wildman–Crippen MR) is 126 cm³/mol. The van der Waals surface area contributed by atoms with Gasteiger partial charge in [0.2, 0.25) is 0 Å². The molecule has 0 aliphatic rings. The average Bonchev–Trinajstić information content (AvgIpc) is 2.65. The lowest BCUT2D eigenvalue weighted by Gasteiger charge is -2.16. The quantitative estimate of drug-likeness (QED) is 0.313. The molecule has 29 heavy (non-hydrogen) atoms. The normalized spacial score (nSPS) is 10.5. The van der Waals surface area contributed by atoms with Crippen molar-refractivity contribution in [1.29, 1.82) is 0 Å². The van der Waals surface area contributed by atoms with E-state index in [1.807, 2.05) is 25.1 Å². The van der Waals surface area contributed by atoms with Crippen molar-refractivity contribution in [3.63, 3.8) is 0 Å². The Bertz CT molecular complexity index is 762. The van der Waals surface area contributed by atoms with E-state index in [0.29, 0.717) is 34.8 Å². The molecule has 2 aromatic rings. The van der Waals surface area contributed by atoms with E-state index in [0.717, 1.165) is 48.0 Å². The Morgan fingerprint density at radius 2 is 1.86 bits per heavy atom. The van der Waals surface area contributed by atoms with Crippen molar-refractivity contribution in [3.8, 4) is 11.5 Å². The van der Waals surface area contributed by atoms with E-state index in [2.05, 4.69) is 21.2 Å². The molecule has 0 aliphatic heterocycles. The van der Waals surface area contributed by atoms with E-state index in [1.165, 1.54) is 0 Å². The second-order valence-corrected chi connectivity index (χ2v) is 8.02. The van der Waals surface area contributed by atoms with Crippen LogP contribution in [0.2, 0.25) is 10.0 Å². The topological polar surface area (TPSA) is 50.7 Å². The van der Waals surface area contributed by atoms with Gasteiger partial charge < -0.3 is 19.9 Å². The molecule has 0 atom stereocenters. The maximum absolute atomic E-state index is 8.82. The van der Waals surface area contributed by atoms with Gasteiger partial charge in [-0.3, -0.25) is 0 Å². The molecule has 2 aromatic carbocycles. The van der Waals surface area contributed by atoms with E-state index >= 15 is 0 Å². The van der Waals surface area contributed by atoms with Gasteiger partial charge in [-0.1, -0.05) is 29.3 Å². The van der Waals surface area contributed by atoms with Gasteiger partial charge in [-0.15, -0.1) is 12.4 Å². The molecule has 0 heterocycles. The van der Waals surface area contributed by atoms with Crippen LogP contribution in [-0.4, -0.2) is 24.9 Å². The molecule has 2 N–H and O–H groups in total. The minimum atomic E-state index is 0. The first-order valence-electron chi connectivity index (χ1n) is 9.38. The third kappa shape index (κ3) is 8.91. The zero-order valence-corrected chi connectivity index (χ0v) is 20.3. The standard InChI is InChI=1S/C21H26BrCl2NO3.ClH/c1-2-27-20-11-15(13-25-8-4-3-5-9-26)10-18(22)21(20)28-14-16-6-7-17(23)12-19(16)24;/h6-7,10-12,25-26H,2-5,8-9,13-14H2,1H3;1H. The Labute approximate surface area is 197 Å². The molecule has 0 radical (unpaired) electrons. The Morgan fingerprint density at radius 1 is 1.07 bits per heavy atom. The molecule has 0 fully saturated rings. The first-order chi connectivity index (χ1) is 13.5. The van der Waals surface area contributed by atoms with E-state index in [9.17, 15) is 0 Å². The van der Waals surface area contributed by atoms with Crippen molar-refractivity contribution in [2.24, 2.45) is 0 Å². The van der Waals surface area contributed by atoms with Gasteiger partial charge in [-0.2, -0.15) is 0 Å². The van der Waals surface area contributed by atoms with E-state index < -0.39 is 0 Å². The summed E-state index contributed by atoms with van der Waals surface area (Å²) in [5.74, 6) is 1.35. The lowest BCUT2D eigenvalue weighted by atomic mass is 10.2. The second-order valence-electron chi connectivity index (χ2n) is 6.32. The van der Waals surface area contributed by atoms with Gasteiger partial charge in [0.25, 0.3) is 0 Å². The molecule has 162 valence electrons. The first-order valence-corrected chi connectivity index (χ1v) is 10.9. The maximum atomic E-state index is 8.82. The van der Waals surface area contributed by atoms with Crippen LogP contribution in [0.4, 0.5) is 0 Å². The van der Waals surface area contributed by atoms with Gasteiger partial charge in [0.15, 0.2) is 11.5 Å². The highest BCUT2D eigenvalue weighted by atomic mass is 79.9. The summed E-state index contributed by atoms with van der Waals surface area (Å²) in [5.41, 5.74) is 1.96. The Hall–Kier alpha value is -0.690. The summed E-state index contributed by atoms with van der Waals surface area (Å²) in [6, 6.07) is 9.37. The Balaban J connectivity index is 0.00000420. The molecule has 0 aliphatic carbocycles. The number of hydrogen-bond acceptors (Lipinski definition) is 4. The van der Waals surface area contributed by atoms with Crippen LogP contribution in [0.3, 0.4) is 0 Å². The number of aliphatic hydroxyl groups excluding tert-OH is 1. The summed E-state index contributed by atoms with van der Waals surface area (Å²) in [6.45, 7) is 4.71. The maximum Gasteiger partial charge on any atom is 0.175 e. The molecule has 0 unspecified atom stereocenters. The van der Waals surface area contributed by atoms with Crippen molar-refractivity contribution in [3.05, 3.63) is 56.0 Å². The molecular weight excluding hydrogens is 500 g/mol. The fourth-order valence-electron chi connectivity index (χ4n) is 2.69. The summed E-state index contributed by atoms with van der Waals surface area (Å²) in [6.07, 6.45) is 2.92. The minimum absolute atomic E-state index is 0. The van der Waals surface area contributed by atoms with Crippen LogP contribution in [0, 0.1) is 0 Å². The van der Waals surface area contributed by atoms with Gasteiger partial charge in [0.1, 0.15) is 6.61 Å². The number of unbranched alkanes of at least 4 members (excludes halogenated alkanes) is 2. The van der Waals surface area contributed by atoms with Gasteiger partial charge >= 0.3 is 0 Å². The van der Waals surface area contributed by atoms with Crippen LogP contribution in [0.15, 0.2) is 34.8 Å². The highest BCUT2D eigenvalue weighted by molar-refractivity contribution is 9.10. The number of ether oxygens (including phenoxy) is 2. The number of benzene rings is 2. The monoisotopic (exact) mass is 525 g/mol. The van der Waals surface area contributed by atoms with Crippen molar-refractivity contribution in [2.75, 3.05) is 19.8 Å². The number of halogens is 4. The summed E-state index contributed by atoms with van der Waals surface area (Å²) in [7, 11) is 0. The summed E-state index contributed by atoms with van der Waals surface area (Å²) in [4.78, 5) is 0. The van der Waals surface area contributed by atoms with Gasteiger partial charge in [0.05, 0.1) is 11.1 Å². The SMILES string of the molecule is CCOc1cc(CNCCCCCO)cc(Br)c1OCc1ccc(Cl)cc1Cl.Cl. The van der Waals surface area contributed by atoms with Crippen molar-refractivity contribution in [1.82, 2.24) is 5.32 Å². The molecule has 0 saturated heterocycles. The molecule has 0 saturated carbocycles. The molecule has 0 amide bonds. The van der Waals surface area contributed by atoms with Crippen LogP contribution in [0.25, 0.3) is 0 Å². The van der Waals surface area contributed by atoms with Gasteiger partial charge in [-0.25, -0.2) is 0 Å². The number of hydrogen-bond donors (Lipinski definition) is 2. The van der Waals surface area contributed by atoms with Crippen molar-refractivity contribution >= 4 is 51.5 Å². The molecule has 0 aromatic heterocycles. The van der Waals surface area contributed by atoms with Gasteiger partial charge in [0, 0.05) is 28.8 Å². The molecule has 4 nitrogen and oxygen atoms in total. The lowest BCUT2D eigenvalue weighted by molar-refractivity contribution is 0.267. The van der Waals surface area contributed by atoms with Crippen LogP contribution in [-0.2, 0) is 13.2 Å². The third-order valence-corrected chi connectivity index (χ3v) is 5.27. The number of aliphatic hydroxyl groups is 1. The summed E-state index contributed by atoms with van der Waals surface area (Å²) >= 11 is 15.8. The fraction of sp³-hybridized carbons (Fsp3) is 0.429. The van der Waals surface area contributed by atoms with Crippen molar-refractivity contribution in [2.45, 2.75) is 39.3 Å². The summed E-state index contributed by atoms with van der Waals surface area (Å²) in [5, 5.41) is 13.4. The molecular formula is C21H27BrCl3NO3. The first kappa shape index (κ1) is 26.3. The minimum Gasteiger partial charge on any atom is -0.490 e. The molecule has 8 heteroatoms. The highest BCUT2D eigenvalue weighted by Gasteiger charge is 2.13. The van der Waals surface area contributed by atoms with Crippen LogP contribution < -0.4 is 14.8 Å². The van der Waals surface area contributed by atoms with E-state index in [-0.39, 0.29) is 19.0 Å². The highest BCUT2D eigenvalue weighted by Crippen LogP contribution is 2.38. The molecule has 2 rings (SSSR count). The van der Waals surface area contributed by atoms with Crippen molar-refractivity contribution < 1.29 is 14.6 Å². The van der Waals surface area contributed by atoms with E-state index in [4.69, 9.17) is 37.8 Å². The Kier molecular flexibility index (Phi) is 13.0. The van der Waals surface area contributed by atoms with Crippen LogP contribution >= 0.6 is 51.5 Å². The number of rotatable bonds is 12. The zero-order chi connectivity index (χ0) is 20.4. The van der Waals surface area contributed by atoms with E-state index in [1.54, 1.807) is 12.1 Å². The average molecular weight is 528 g/mol. The van der Waals surface area contributed by atoms with Gasteiger partial charge in [-0.05, 0) is 78.5 Å². The molecule has 0 spiro atoms.